The van der Waals surface area contributed by atoms with E-state index in [0.29, 0.717) is 24.2 Å². The molecule has 2 N–H and O–H groups in total. The summed E-state index contributed by atoms with van der Waals surface area (Å²) in [5.74, 6) is -1.65. The zero-order valence-corrected chi connectivity index (χ0v) is 20.3. The van der Waals surface area contributed by atoms with Crippen LogP contribution in [0.25, 0.3) is 0 Å². The summed E-state index contributed by atoms with van der Waals surface area (Å²) in [5.41, 5.74) is -0.210. The van der Waals surface area contributed by atoms with E-state index in [4.69, 9.17) is 0 Å². The first kappa shape index (κ1) is 26.7. The zero-order valence-electron chi connectivity index (χ0n) is 19.5. The van der Waals surface area contributed by atoms with Crippen LogP contribution in [0, 0.1) is 5.82 Å². The van der Waals surface area contributed by atoms with Crippen molar-refractivity contribution in [1.29, 1.82) is 0 Å². The van der Waals surface area contributed by atoms with Crippen LogP contribution in [-0.2, 0) is 27.4 Å². The normalized spacial score (nSPS) is 15.5. The number of pyridine rings is 1. The number of carbonyl (C=O) groups excluding carboxylic acids is 1. The minimum Gasteiger partial charge on any atom is -0.356 e. The molecule has 0 aliphatic carbocycles. The maximum absolute atomic E-state index is 14.3. The van der Waals surface area contributed by atoms with Crippen molar-refractivity contribution in [2.75, 3.05) is 35.5 Å². The van der Waals surface area contributed by atoms with Gasteiger partial charge in [-0.3, -0.25) is 9.52 Å². The number of alkyl halides is 3. The van der Waals surface area contributed by atoms with Crippen molar-refractivity contribution in [2.45, 2.75) is 44.7 Å². The summed E-state index contributed by atoms with van der Waals surface area (Å²) < 4.78 is 78.6. The monoisotopic (exact) mass is 516 g/mol. The molecule has 1 aromatic heterocycles. The van der Waals surface area contributed by atoms with E-state index in [-0.39, 0.29) is 24.5 Å². The van der Waals surface area contributed by atoms with Gasteiger partial charge in [-0.15, -0.1) is 0 Å². The highest BCUT2D eigenvalue weighted by Crippen LogP contribution is 2.31. The van der Waals surface area contributed by atoms with E-state index >= 15 is 0 Å². The fourth-order valence-electron chi connectivity index (χ4n) is 3.92. The average molecular weight is 517 g/mol. The molecular formula is C23H28F4N4O3S. The van der Waals surface area contributed by atoms with Gasteiger partial charge in [-0.05, 0) is 61.9 Å². The minimum atomic E-state index is -4.55. The van der Waals surface area contributed by atoms with Gasteiger partial charge in [-0.1, -0.05) is 12.1 Å². The zero-order chi connectivity index (χ0) is 25.8. The van der Waals surface area contributed by atoms with Crippen LogP contribution in [0.15, 0.2) is 30.3 Å². The van der Waals surface area contributed by atoms with E-state index in [0.717, 1.165) is 37.7 Å². The Labute approximate surface area is 202 Å². The van der Waals surface area contributed by atoms with Gasteiger partial charge in [0.25, 0.3) is 0 Å². The van der Waals surface area contributed by atoms with Gasteiger partial charge < -0.3 is 10.2 Å². The molecule has 12 heteroatoms. The highest BCUT2D eigenvalue weighted by Gasteiger charge is 2.33. The summed E-state index contributed by atoms with van der Waals surface area (Å²) in [6, 6.07) is 6.13. The lowest BCUT2D eigenvalue weighted by atomic mass is 9.99. The number of benzene rings is 1. The third-order valence-electron chi connectivity index (χ3n) is 5.78. The Kier molecular flexibility index (Phi) is 8.24. The molecule has 0 bridgehead atoms. The summed E-state index contributed by atoms with van der Waals surface area (Å²) in [6.45, 7) is 2.99. The Morgan fingerprint density at radius 2 is 1.83 bits per heavy atom. The molecule has 0 saturated carbocycles. The number of hydrogen-bond acceptors (Lipinski definition) is 5. The Bertz CT molecular complexity index is 1170. The molecule has 1 aliphatic heterocycles. The number of nitrogens with zero attached hydrogens (tertiary/aromatic N) is 2. The maximum atomic E-state index is 14.3. The van der Waals surface area contributed by atoms with Crippen LogP contribution < -0.4 is 14.9 Å². The molecule has 1 amide bonds. The van der Waals surface area contributed by atoms with Crippen LogP contribution in [-0.4, -0.2) is 45.2 Å². The fraction of sp³-hybridized carbons (Fsp3) is 0.478. The van der Waals surface area contributed by atoms with Crippen molar-refractivity contribution in [3.63, 3.8) is 0 Å². The highest BCUT2D eigenvalue weighted by atomic mass is 32.2. The first-order valence-corrected chi connectivity index (χ1v) is 13.1. The van der Waals surface area contributed by atoms with Crippen LogP contribution in [0.3, 0.4) is 0 Å². The van der Waals surface area contributed by atoms with Gasteiger partial charge in [0, 0.05) is 19.6 Å². The number of nitrogens with one attached hydrogen (secondary N) is 2. The van der Waals surface area contributed by atoms with Crippen LogP contribution in [0.2, 0.25) is 0 Å². The van der Waals surface area contributed by atoms with Crippen molar-refractivity contribution >= 4 is 27.4 Å². The highest BCUT2D eigenvalue weighted by molar-refractivity contribution is 7.92. The molecule has 1 aromatic carbocycles. The SMILES string of the molecule is CC(C(=O)NCCc1ccc(C(F)(F)F)nc1N1CCCCC1)c1ccc(NS(C)(=O)=O)c(F)c1. The van der Waals surface area contributed by atoms with E-state index < -0.39 is 39.5 Å². The Morgan fingerprint density at radius 1 is 1.14 bits per heavy atom. The fourth-order valence-corrected chi connectivity index (χ4v) is 4.48. The largest absolute Gasteiger partial charge is 0.433 e. The number of piperidine rings is 1. The second-order valence-corrected chi connectivity index (χ2v) is 10.3. The van der Waals surface area contributed by atoms with Gasteiger partial charge in [0.2, 0.25) is 15.9 Å². The van der Waals surface area contributed by atoms with Gasteiger partial charge in [0.1, 0.15) is 17.3 Å². The predicted octanol–water partition coefficient (Wildman–Crippen LogP) is 4.06. The molecule has 1 saturated heterocycles. The number of anilines is 2. The molecule has 35 heavy (non-hydrogen) atoms. The maximum Gasteiger partial charge on any atom is 0.433 e. The van der Waals surface area contributed by atoms with Crippen LogP contribution in [0.1, 0.15) is 48.9 Å². The van der Waals surface area contributed by atoms with Gasteiger partial charge in [0.05, 0.1) is 17.9 Å². The molecule has 2 heterocycles. The molecule has 2 aromatic rings. The topological polar surface area (TPSA) is 91.4 Å². The third-order valence-corrected chi connectivity index (χ3v) is 6.37. The van der Waals surface area contributed by atoms with E-state index in [2.05, 4.69) is 15.0 Å². The van der Waals surface area contributed by atoms with E-state index in [1.807, 2.05) is 4.90 Å². The summed E-state index contributed by atoms with van der Waals surface area (Å²) in [7, 11) is -3.65. The summed E-state index contributed by atoms with van der Waals surface area (Å²) in [4.78, 5) is 18.4. The number of sulfonamides is 1. The summed E-state index contributed by atoms with van der Waals surface area (Å²) >= 11 is 0. The second kappa shape index (κ2) is 10.8. The van der Waals surface area contributed by atoms with Crippen molar-refractivity contribution in [1.82, 2.24) is 10.3 Å². The van der Waals surface area contributed by atoms with E-state index in [1.165, 1.54) is 18.2 Å². The van der Waals surface area contributed by atoms with Crippen molar-refractivity contribution < 1.29 is 30.8 Å². The van der Waals surface area contributed by atoms with Crippen LogP contribution in [0.5, 0.6) is 0 Å². The Balaban J connectivity index is 1.67. The van der Waals surface area contributed by atoms with E-state index in [1.54, 1.807) is 6.92 Å². The molecule has 1 unspecified atom stereocenters. The number of aromatic nitrogens is 1. The molecule has 3 rings (SSSR count). The average Bonchev–Trinajstić information content (AvgIpc) is 2.79. The number of amides is 1. The van der Waals surface area contributed by atoms with Crippen molar-refractivity contribution in [3.05, 3.63) is 53.0 Å². The number of rotatable bonds is 8. The molecule has 0 spiro atoms. The minimum absolute atomic E-state index is 0.160. The molecule has 7 nitrogen and oxygen atoms in total. The lowest BCUT2D eigenvalue weighted by Gasteiger charge is -2.30. The molecule has 1 atom stereocenters. The molecular weight excluding hydrogens is 488 g/mol. The van der Waals surface area contributed by atoms with Crippen molar-refractivity contribution in [3.8, 4) is 0 Å². The number of carbonyl (C=O) groups is 1. The Morgan fingerprint density at radius 3 is 2.43 bits per heavy atom. The predicted molar refractivity (Wildman–Crippen MR) is 125 cm³/mol. The second-order valence-electron chi connectivity index (χ2n) is 8.60. The van der Waals surface area contributed by atoms with Gasteiger partial charge in [0.15, 0.2) is 0 Å². The standard InChI is InChI=1S/C23H28F4N4O3S/c1-15(17-6-8-19(18(24)14-17)30-35(2,33)34)22(32)28-11-10-16-7-9-20(23(25,26)27)29-21(16)31-12-4-3-5-13-31/h6-9,14-15,30H,3-5,10-13H2,1-2H3,(H,28,32). The van der Waals surface area contributed by atoms with Gasteiger partial charge in [-0.25, -0.2) is 17.8 Å². The van der Waals surface area contributed by atoms with Crippen LogP contribution in [0.4, 0.5) is 29.1 Å². The van der Waals surface area contributed by atoms with Crippen LogP contribution >= 0.6 is 0 Å². The lowest BCUT2D eigenvalue weighted by molar-refractivity contribution is -0.141. The molecule has 1 aliphatic rings. The first-order valence-electron chi connectivity index (χ1n) is 11.2. The number of hydrogen-bond donors (Lipinski definition) is 2. The molecule has 0 radical (unpaired) electrons. The lowest BCUT2D eigenvalue weighted by Crippen LogP contribution is -2.33. The molecule has 192 valence electrons. The quantitative estimate of drug-likeness (QED) is 0.517. The summed E-state index contributed by atoms with van der Waals surface area (Å²) in [5, 5.41) is 2.74. The van der Waals surface area contributed by atoms with E-state index in [9.17, 15) is 30.8 Å². The smallest absolute Gasteiger partial charge is 0.356 e. The number of halogens is 4. The van der Waals surface area contributed by atoms with Gasteiger partial charge >= 0.3 is 6.18 Å². The third kappa shape index (κ3) is 7.30. The molecule has 1 fully saturated rings. The first-order chi connectivity index (χ1) is 16.3. The Hall–Kier alpha value is -2.89. The van der Waals surface area contributed by atoms with Gasteiger partial charge in [-0.2, -0.15) is 13.2 Å². The van der Waals surface area contributed by atoms with Crippen molar-refractivity contribution in [2.24, 2.45) is 0 Å². The summed E-state index contributed by atoms with van der Waals surface area (Å²) in [6.07, 6.45) is -0.597.